The van der Waals surface area contributed by atoms with Crippen molar-refractivity contribution in [3.8, 4) is 0 Å². The van der Waals surface area contributed by atoms with Crippen molar-refractivity contribution in [2.45, 2.75) is 11.0 Å². The van der Waals surface area contributed by atoms with Gasteiger partial charge in [-0.3, -0.25) is 0 Å². The first-order chi connectivity index (χ1) is 12.1. The molecule has 156 valence electrons. The van der Waals surface area contributed by atoms with E-state index in [4.69, 9.17) is 5.11 Å². The van der Waals surface area contributed by atoms with Crippen molar-refractivity contribution in [1.82, 2.24) is 0 Å². The molecule has 0 spiro atoms. The van der Waals surface area contributed by atoms with Crippen molar-refractivity contribution in [3.63, 3.8) is 0 Å². The Morgan fingerprint density at radius 1 is 0.963 bits per heavy atom. The Kier molecular flexibility index (Phi) is 7.53. The molecular weight excluding hydrogens is 549 g/mol. The van der Waals surface area contributed by atoms with Crippen LogP contribution in [0.25, 0.3) is 0 Å². The Balaban J connectivity index is 3.36. The maximum absolute atomic E-state index is 12.5. The Morgan fingerprint density at radius 2 is 1.44 bits per heavy atom. The topological polar surface area (TPSA) is 107 Å². The molecule has 16 heteroatoms. The Hall–Kier alpha value is -1.11. The summed E-state index contributed by atoms with van der Waals surface area (Å²) in [6.07, 6.45) is 0. The monoisotopic (exact) mass is 558 g/mol. The van der Waals surface area contributed by atoms with E-state index < -0.39 is 63.9 Å². The van der Waals surface area contributed by atoms with Crippen LogP contribution in [-0.2, 0) is 26.9 Å². The molecule has 1 N–H and O–H groups in total. The van der Waals surface area contributed by atoms with Gasteiger partial charge in [0.25, 0.3) is 0 Å². The van der Waals surface area contributed by atoms with Crippen LogP contribution in [0.2, 0.25) is 0 Å². The zero-order chi connectivity index (χ0) is 21.1. The first-order valence-electron chi connectivity index (χ1n) is 6.18. The van der Waals surface area contributed by atoms with E-state index in [9.17, 15) is 43.2 Å². The van der Waals surface area contributed by atoms with Gasteiger partial charge in [-0.2, -0.15) is 0 Å². The van der Waals surface area contributed by atoms with Gasteiger partial charge in [-0.05, 0) is 0 Å². The van der Waals surface area contributed by atoms with E-state index in [0.717, 1.165) is 12.1 Å². The average molecular weight is 558 g/mol. The van der Waals surface area contributed by atoms with Crippen molar-refractivity contribution in [2.24, 2.45) is 0 Å². The molecule has 27 heavy (non-hydrogen) atoms. The molecule has 0 saturated heterocycles. The second-order valence-electron chi connectivity index (χ2n) is 4.25. The molecule has 1 rings (SSSR count). The molecule has 0 atom stereocenters. The third-order valence-electron chi connectivity index (χ3n) is 2.26. The van der Waals surface area contributed by atoms with Crippen LogP contribution in [0.1, 0.15) is 0 Å². The summed E-state index contributed by atoms with van der Waals surface area (Å²) in [5.41, 5.74) is -11.7. The van der Waals surface area contributed by atoms with Crippen LogP contribution in [0, 0.1) is 3.57 Å². The van der Waals surface area contributed by atoms with Gasteiger partial charge in [0.2, 0.25) is 0 Å². The molecule has 0 aliphatic heterocycles. The van der Waals surface area contributed by atoms with Crippen molar-refractivity contribution >= 4 is 40.5 Å². The van der Waals surface area contributed by atoms with Gasteiger partial charge < -0.3 is 0 Å². The summed E-state index contributed by atoms with van der Waals surface area (Å²) < 4.78 is 127. The van der Waals surface area contributed by atoms with Crippen molar-refractivity contribution < 1.29 is 55.0 Å². The Bertz CT molecular complexity index is 878. The van der Waals surface area contributed by atoms with E-state index in [2.05, 4.69) is 6.70 Å². The van der Waals surface area contributed by atoms with Gasteiger partial charge >= 0.3 is 157 Å². The third-order valence-corrected chi connectivity index (χ3v) is 9.92. The fourth-order valence-corrected chi connectivity index (χ4v) is 7.68. The maximum atomic E-state index is 12.5. The minimum atomic E-state index is -6.24. The summed E-state index contributed by atoms with van der Waals surface area (Å²) in [7, 11) is -12.4. The predicted molar refractivity (Wildman–Crippen MR) is 86.4 cm³/mol. The minimum absolute atomic E-state index is 0.159. The second kappa shape index (κ2) is 8.50. The molecule has 1 aromatic rings. The van der Waals surface area contributed by atoms with E-state index in [-0.39, 0.29) is 3.57 Å². The molecule has 7 nitrogen and oxygen atoms in total. The van der Waals surface area contributed by atoms with Crippen LogP contribution in [0.15, 0.2) is 40.2 Å². The van der Waals surface area contributed by atoms with Gasteiger partial charge in [-0.25, -0.2) is 0 Å². The van der Waals surface area contributed by atoms with E-state index in [1.807, 2.05) is 0 Å². The molecule has 0 radical (unpaired) electrons. The number of benzene rings is 1. The van der Waals surface area contributed by atoms with Crippen LogP contribution in [0.3, 0.4) is 0 Å². The summed E-state index contributed by atoms with van der Waals surface area (Å²) in [5.74, 6) is -1.33. The first-order valence-corrected chi connectivity index (χ1v) is 12.2. The number of hydrogen-bond donors (Lipinski definition) is 1. The quantitative estimate of drug-likeness (QED) is 0.180. The molecule has 0 aliphatic rings. The van der Waals surface area contributed by atoms with Crippen LogP contribution in [0.4, 0.5) is 26.3 Å². The second-order valence-corrected chi connectivity index (χ2v) is 11.8. The molecule has 0 unspecified atom stereocenters. The normalized spacial score (nSPS) is 14.8. The molecule has 0 amide bonds. The zero-order valence-electron chi connectivity index (χ0n) is 12.5. The number of aliphatic hydroxyl groups is 1. The molecule has 0 saturated carbocycles. The van der Waals surface area contributed by atoms with Crippen molar-refractivity contribution in [3.05, 3.63) is 43.7 Å². The van der Waals surface area contributed by atoms with Crippen LogP contribution < -0.4 is 0 Å². The van der Waals surface area contributed by atoms with Gasteiger partial charge in [0, 0.05) is 0 Å². The summed E-state index contributed by atoms with van der Waals surface area (Å²) in [4.78, 5) is 0. The van der Waals surface area contributed by atoms with Gasteiger partial charge in [0.15, 0.2) is 0 Å². The van der Waals surface area contributed by atoms with Gasteiger partial charge in [-0.1, -0.05) is 0 Å². The molecule has 1 aromatic carbocycles. The number of halogens is 7. The van der Waals surface area contributed by atoms with Crippen LogP contribution in [0.5, 0.6) is 0 Å². The number of alkyl halides is 6. The van der Waals surface area contributed by atoms with E-state index in [0.29, 0.717) is 4.08 Å². The molecule has 0 heterocycles. The van der Waals surface area contributed by atoms with Crippen LogP contribution in [-0.4, -0.2) is 39.6 Å². The fourth-order valence-electron chi connectivity index (χ4n) is 1.16. The van der Waals surface area contributed by atoms with Gasteiger partial charge in [0.1, 0.15) is 0 Å². The summed E-state index contributed by atoms with van der Waals surface area (Å²) >= 11 is -4.14. The van der Waals surface area contributed by atoms with E-state index in [1.165, 1.54) is 18.2 Å². The third kappa shape index (κ3) is 6.47. The molecule has 0 aliphatic carbocycles. The van der Waals surface area contributed by atoms with E-state index >= 15 is 0 Å². The summed E-state index contributed by atoms with van der Waals surface area (Å²) in [6.45, 7) is -1.48. The van der Waals surface area contributed by atoms with Crippen molar-refractivity contribution in [1.29, 1.82) is 0 Å². The van der Waals surface area contributed by atoms with Crippen molar-refractivity contribution in [2.75, 3.05) is 6.61 Å². The number of rotatable bonds is 7. The van der Waals surface area contributed by atoms with Gasteiger partial charge in [0.05, 0.1) is 0 Å². The predicted octanol–water partition coefficient (Wildman–Crippen LogP) is 2.84. The molecule has 0 fully saturated rings. The van der Waals surface area contributed by atoms with Gasteiger partial charge in [-0.15, -0.1) is 0 Å². The molecular formula is C11H9F6IO7S2. The van der Waals surface area contributed by atoms with Crippen LogP contribution >= 0.6 is 20.2 Å². The summed E-state index contributed by atoms with van der Waals surface area (Å²) in [5, 5.41) is 8.98. The summed E-state index contributed by atoms with van der Waals surface area (Å²) in [6, 6.07) is 6.16. The first kappa shape index (κ1) is 23.9. The number of hydrogen-bond acceptors (Lipinski definition) is 7. The fraction of sp³-hybridized carbons (Fsp3) is 0.273. The zero-order valence-corrected chi connectivity index (χ0v) is 16.3. The molecule has 0 bridgehead atoms. The standard InChI is InChI=1S/C11H9F6IO7S2/c12-10(13,14)26(20,21)24-9(7-19)6-18(8-4-2-1-3-5-8)25-27(22,23)11(15,16)17/h1-6,19H,7H2/b9-6+. The average Bonchev–Trinajstić information content (AvgIpc) is 2.51. The Morgan fingerprint density at radius 3 is 1.85 bits per heavy atom. The SMILES string of the molecule is O=S(=O)(O/C(=C/I(OS(=O)(=O)C(F)(F)F)c1ccccc1)CO)C(F)(F)F. The van der Waals surface area contributed by atoms with E-state index in [1.54, 1.807) is 0 Å². The molecule has 0 aromatic heterocycles. The Labute approximate surface area is 156 Å². The number of aliphatic hydroxyl groups excluding tert-OH is 1.